The quantitative estimate of drug-likeness (QED) is 0.863. The molecule has 3 N–H and O–H groups in total. The predicted octanol–water partition coefficient (Wildman–Crippen LogP) is 2.00. The van der Waals surface area contributed by atoms with Gasteiger partial charge in [0.2, 0.25) is 0 Å². The van der Waals surface area contributed by atoms with Crippen molar-refractivity contribution in [1.29, 1.82) is 0 Å². The van der Waals surface area contributed by atoms with E-state index in [1.165, 1.54) is 12.1 Å². The van der Waals surface area contributed by atoms with E-state index in [0.717, 1.165) is 0 Å². The third-order valence-electron chi connectivity index (χ3n) is 1.55. The van der Waals surface area contributed by atoms with Crippen molar-refractivity contribution >= 4 is 28.3 Å². The van der Waals surface area contributed by atoms with Gasteiger partial charge in [0.25, 0.3) is 0 Å². The number of hydrogen-bond donors (Lipinski definition) is 2. The summed E-state index contributed by atoms with van der Waals surface area (Å²) in [6.07, 6.45) is 0. The van der Waals surface area contributed by atoms with Crippen LogP contribution in [0.25, 0.3) is 0 Å². The molecule has 74 valence electrons. The van der Waals surface area contributed by atoms with Gasteiger partial charge in [-0.05, 0) is 23.8 Å². The monoisotopic (exact) mass is 269 g/mol. The molecule has 1 aromatic carbocycles. The zero-order chi connectivity index (χ0) is 9.14. The molecule has 0 aromatic heterocycles. The number of aliphatic hydroxyl groups excluding tert-OH is 1. The molecule has 1 rings (SSSR count). The number of aliphatic hydroxyl groups is 1. The number of benzene rings is 1. The normalized spacial score (nSPS) is 12.0. The fourth-order valence-corrected chi connectivity index (χ4v) is 1.44. The summed E-state index contributed by atoms with van der Waals surface area (Å²) >= 11 is 3.21. The maximum atomic E-state index is 12.7. The molecule has 0 saturated heterocycles. The molecule has 0 unspecified atom stereocenters. The van der Waals surface area contributed by atoms with Gasteiger partial charge in [0.05, 0.1) is 12.6 Å². The Labute approximate surface area is 90.5 Å². The molecule has 5 heteroatoms. The van der Waals surface area contributed by atoms with Crippen LogP contribution in [0.4, 0.5) is 4.39 Å². The summed E-state index contributed by atoms with van der Waals surface area (Å²) < 4.78 is 13.4. The first-order valence-electron chi connectivity index (χ1n) is 3.46. The summed E-state index contributed by atoms with van der Waals surface area (Å²) in [7, 11) is 0. The first-order chi connectivity index (χ1) is 5.65. The Kier molecular flexibility index (Phi) is 5.48. The van der Waals surface area contributed by atoms with Crippen LogP contribution >= 0.6 is 28.3 Å². The number of rotatable bonds is 2. The van der Waals surface area contributed by atoms with E-state index in [4.69, 9.17) is 10.8 Å². The molecule has 0 heterocycles. The van der Waals surface area contributed by atoms with Gasteiger partial charge in [0, 0.05) is 4.47 Å². The fourth-order valence-electron chi connectivity index (χ4n) is 0.897. The van der Waals surface area contributed by atoms with E-state index < -0.39 is 6.04 Å². The highest BCUT2D eigenvalue weighted by atomic mass is 79.9. The molecule has 13 heavy (non-hydrogen) atoms. The van der Waals surface area contributed by atoms with E-state index >= 15 is 0 Å². The van der Waals surface area contributed by atoms with Gasteiger partial charge in [0.1, 0.15) is 5.82 Å². The Morgan fingerprint density at radius 1 is 1.54 bits per heavy atom. The minimum atomic E-state index is -0.532. The average Bonchev–Trinajstić information content (AvgIpc) is 2.08. The van der Waals surface area contributed by atoms with Gasteiger partial charge in [-0.2, -0.15) is 0 Å². The topological polar surface area (TPSA) is 46.2 Å². The van der Waals surface area contributed by atoms with Crippen LogP contribution in [0.3, 0.4) is 0 Å². The van der Waals surface area contributed by atoms with Gasteiger partial charge >= 0.3 is 0 Å². The zero-order valence-corrected chi connectivity index (χ0v) is 9.11. The summed E-state index contributed by atoms with van der Waals surface area (Å²) in [6, 6.07) is 3.68. The van der Waals surface area contributed by atoms with Crippen LogP contribution in [0.1, 0.15) is 11.6 Å². The Bertz CT molecular complexity index is 285. The highest BCUT2D eigenvalue weighted by Gasteiger charge is 2.08. The minimum Gasteiger partial charge on any atom is -0.394 e. The van der Waals surface area contributed by atoms with Crippen molar-refractivity contribution < 1.29 is 9.50 Å². The molecule has 0 aliphatic carbocycles. The van der Waals surface area contributed by atoms with Crippen LogP contribution in [-0.4, -0.2) is 11.7 Å². The maximum absolute atomic E-state index is 12.7. The third-order valence-corrected chi connectivity index (χ3v) is 2.28. The standard InChI is InChI=1S/C8H9BrFNO.ClH/c9-7-2-1-5(10)3-6(7)8(11)4-12;/h1-3,8,12H,4,11H2;1H/t8-;/m0./s1. The lowest BCUT2D eigenvalue weighted by molar-refractivity contribution is 0.267. The second kappa shape index (κ2) is 5.54. The summed E-state index contributed by atoms with van der Waals surface area (Å²) in [5, 5.41) is 8.74. The van der Waals surface area contributed by atoms with E-state index in [1.807, 2.05) is 0 Å². The van der Waals surface area contributed by atoms with Gasteiger partial charge < -0.3 is 10.8 Å². The number of hydrogen-bond acceptors (Lipinski definition) is 2. The lowest BCUT2D eigenvalue weighted by Crippen LogP contribution is -2.15. The molecule has 0 bridgehead atoms. The molecule has 1 atom stereocenters. The third kappa shape index (κ3) is 3.23. The van der Waals surface area contributed by atoms with Crippen molar-refractivity contribution in [3.63, 3.8) is 0 Å². The first-order valence-corrected chi connectivity index (χ1v) is 4.26. The number of nitrogens with two attached hydrogens (primary N) is 1. The Morgan fingerprint density at radius 3 is 2.69 bits per heavy atom. The van der Waals surface area contributed by atoms with E-state index in [2.05, 4.69) is 15.9 Å². The van der Waals surface area contributed by atoms with Crippen LogP contribution in [0.5, 0.6) is 0 Å². The maximum Gasteiger partial charge on any atom is 0.123 e. The van der Waals surface area contributed by atoms with Crippen molar-refractivity contribution in [2.75, 3.05) is 6.61 Å². The lowest BCUT2D eigenvalue weighted by atomic mass is 10.1. The highest BCUT2D eigenvalue weighted by molar-refractivity contribution is 9.10. The zero-order valence-electron chi connectivity index (χ0n) is 6.71. The average molecular weight is 271 g/mol. The van der Waals surface area contributed by atoms with Gasteiger partial charge in [-0.15, -0.1) is 12.4 Å². The second-order valence-electron chi connectivity index (χ2n) is 2.45. The summed E-state index contributed by atoms with van der Waals surface area (Å²) in [6.45, 7) is -0.192. The highest BCUT2D eigenvalue weighted by Crippen LogP contribution is 2.22. The van der Waals surface area contributed by atoms with Crippen molar-refractivity contribution in [1.82, 2.24) is 0 Å². The van der Waals surface area contributed by atoms with Gasteiger partial charge in [-0.3, -0.25) is 0 Å². The summed E-state index contributed by atoms with van der Waals surface area (Å²) in [5.74, 6) is -0.350. The van der Waals surface area contributed by atoms with Crippen LogP contribution in [-0.2, 0) is 0 Å². The summed E-state index contributed by atoms with van der Waals surface area (Å²) in [4.78, 5) is 0. The van der Waals surface area contributed by atoms with Crippen molar-refractivity contribution in [2.24, 2.45) is 5.73 Å². The molecule has 0 aliphatic heterocycles. The molecule has 0 fully saturated rings. The Hall–Kier alpha value is -0.160. The largest absolute Gasteiger partial charge is 0.394 e. The van der Waals surface area contributed by atoms with Crippen molar-refractivity contribution in [3.8, 4) is 0 Å². The predicted molar refractivity (Wildman–Crippen MR) is 55.4 cm³/mol. The summed E-state index contributed by atoms with van der Waals surface area (Å²) in [5.41, 5.74) is 6.10. The lowest BCUT2D eigenvalue weighted by Gasteiger charge is -2.10. The van der Waals surface area contributed by atoms with Gasteiger partial charge in [-0.25, -0.2) is 4.39 Å². The van der Waals surface area contributed by atoms with Crippen LogP contribution in [0.15, 0.2) is 22.7 Å². The van der Waals surface area contributed by atoms with E-state index in [-0.39, 0.29) is 24.8 Å². The smallest absolute Gasteiger partial charge is 0.123 e. The molecule has 0 spiro atoms. The minimum absolute atomic E-state index is 0. The van der Waals surface area contributed by atoms with Crippen molar-refractivity contribution in [3.05, 3.63) is 34.1 Å². The molecule has 2 nitrogen and oxygen atoms in total. The second-order valence-corrected chi connectivity index (χ2v) is 3.31. The van der Waals surface area contributed by atoms with Crippen molar-refractivity contribution in [2.45, 2.75) is 6.04 Å². The molecular formula is C8H10BrClFNO. The fraction of sp³-hybridized carbons (Fsp3) is 0.250. The molecular weight excluding hydrogens is 260 g/mol. The van der Waals surface area contributed by atoms with Crippen LogP contribution < -0.4 is 5.73 Å². The SMILES string of the molecule is Cl.N[C@@H](CO)c1cc(F)ccc1Br. The Balaban J connectivity index is 0.00000144. The van der Waals surface area contributed by atoms with Gasteiger partial charge in [0.15, 0.2) is 0 Å². The molecule has 0 amide bonds. The van der Waals surface area contributed by atoms with Gasteiger partial charge in [-0.1, -0.05) is 15.9 Å². The molecule has 0 radical (unpaired) electrons. The van der Waals surface area contributed by atoms with Crippen LogP contribution in [0, 0.1) is 5.82 Å². The molecule has 0 saturated carbocycles. The Morgan fingerprint density at radius 2 is 2.15 bits per heavy atom. The van der Waals surface area contributed by atoms with E-state index in [9.17, 15) is 4.39 Å². The van der Waals surface area contributed by atoms with E-state index in [1.54, 1.807) is 6.07 Å². The number of halogens is 3. The first kappa shape index (κ1) is 12.8. The van der Waals surface area contributed by atoms with Crippen LogP contribution in [0.2, 0.25) is 0 Å². The van der Waals surface area contributed by atoms with E-state index in [0.29, 0.717) is 10.0 Å². The molecule has 1 aromatic rings. The molecule has 0 aliphatic rings.